The van der Waals surface area contributed by atoms with Crippen LogP contribution in [0.3, 0.4) is 0 Å². The summed E-state index contributed by atoms with van der Waals surface area (Å²) in [5.41, 5.74) is 3.39. The van der Waals surface area contributed by atoms with Crippen molar-refractivity contribution in [3.8, 4) is 27.8 Å². The fourth-order valence-electron chi connectivity index (χ4n) is 4.59. The zero-order chi connectivity index (χ0) is 24.5. The molecule has 4 aromatic rings. The van der Waals surface area contributed by atoms with Crippen LogP contribution in [0.4, 0.5) is 0 Å². The van der Waals surface area contributed by atoms with Crippen LogP contribution in [0.5, 0.6) is 17.2 Å². The number of carbonyl (C=O) groups is 1. The Balaban J connectivity index is 1.39. The molecular weight excluding hydrogens is 476 g/mol. The van der Waals surface area contributed by atoms with Crippen LogP contribution in [0.25, 0.3) is 20.8 Å². The number of benzene rings is 3. The lowest BCUT2D eigenvalue weighted by Gasteiger charge is -2.21. The Morgan fingerprint density at radius 1 is 1.11 bits per heavy atom. The molecule has 0 N–H and O–H groups in total. The summed E-state index contributed by atoms with van der Waals surface area (Å²) in [6.45, 7) is 2.49. The van der Waals surface area contributed by atoms with Crippen LogP contribution in [0.15, 0.2) is 60.7 Å². The molecule has 0 unspecified atom stereocenters. The lowest BCUT2D eigenvalue weighted by atomic mass is 10.1. The lowest BCUT2D eigenvalue weighted by molar-refractivity contribution is 0.0732. The van der Waals surface area contributed by atoms with Gasteiger partial charge in [-0.2, -0.15) is 0 Å². The summed E-state index contributed by atoms with van der Waals surface area (Å²) >= 11 is 1.64. The number of fused-ring (bicyclic) bond motifs is 2. The molecular formula is C28H26N2O5S. The Hall–Kier alpha value is -3.62. The SMILES string of the molecule is COc1cccc(C(=O)N2CCOc3c(cc(-c4nc5ccccc5s4)cc3O[C@H]3CCOC3)C2)c1. The number of hydrogen-bond donors (Lipinski definition) is 0. The molecule has 1 amide bonds. The van der Waals surface area contributed by atoms with E-state index in [1.807, 2.05) is 47.4 Å². The largest absolute Gasteiger partial charge is 0.497 e. The highest BCUT2D eigenvalue weighted by atomic mass is 32.1. The molecule has 8 heteroatoms. The van der Waals surface area contributed by atoms with Crippen LogP contribution < -0.4 is 14.2 Å². The van der Waals surface area contributed by atoms with Gasteiger partial charge in [-0.25, -0.2) is 4.98 Å². The summed E-state index contributed by atoms with van der Waals surface area (Å²) < 4.78 is 24.6. The van der Waals surface area contributed by atoms with E-state index in [4.69, 9.17) is 23.9 Å². The number of hydrogen-bond acceptors (Lipinski definition) is 7. The van der Waals surface area contributed by atoms with E-state index in [0.717, 1.165) is 32.8 Å². The van der Waals surface area contributed by atoms with Gasteiger partial charge in [-0.05, 0) is 42.5 Å². The van der Waals surface area contributed by atoms with Crippen LogP contribution in [-0.2, 0) is 11.3 Å². The van der Waals surface area contributed by atoms with Gasteiger partial charge in [0.15, 0.2) is 11.5 Å². The van der Waals surface area contributed by atoms with Crippen LogP contribution in [0.2, 0.25) is 0 Å². The highest BCUT2D eigenvalue weighted by Gasteiger charge is 2.27. The normalized spacial score (nSPS) is 17.4. The summed E-state index contributed by atoms with van der Waals surface area (Å²) in [7, 11) is 1.60. The number of rotatable bonds is 5. The first-order valence-corrected chi connectivity index (χ1v) is 12.8. The quantitative estimate of drug-likeness (QED) is 0.375. The van der Waals surface area contributed by atoms with Gasteiger partial charge in [0.05, 0.1) is 37.1 Å². The van der Waals surface area contributed by atoms with Gasteiger partial charge in [0.2, 0.25) is 0 Å². The van der Waals surface area contributed by atoms with Crippen LogP contribution in [-0.4, -0.2) is 55.4 Å². The number of para-hydroxylation sites is 1. The average molecular weight is 503 g/mol. The van der Waals surface area contributed by atoms with Gasteiger partial charge in [0.25, 0.3) is 5.91 Å². The molecule has 1 atom stereocenters. The summed E-state index contributed by atoms with van der Waals surface area (Å²) in [6, 6.07) is 19.4. The van der Waals surface area contributed by atoms with Crippen molar-refractivity contribution in [1.82, 2.24) is 9.88 Å². The third-order valence-corrected chi connectivity index (χ3v) is 7.51. The second kappa shape index (κ2) is 9.79. The van der Waals surface area contributed by atoms with Crippen molar-refractivity contribution < 1.29 is 23.7 Å². The fourth-order valence-corrected chi connectivity index (χ4v) is 5.54. The Morgan fingerprint density at radius 2 is 2.03 bits per heavy atom. The molecule has 0 radical (unpaired) electrons. The van der Waals surface area contributed by atoms with E-state index in [-0.39, 0.29) is 12.0 Å². The number of aromatic nitrogens is 1. The molecule has 3 heterocycles. The summed E-state index contributed by atoms with van der Waals surface area (Å²) in [4.78, 5) is 20.1. The second-order valence-electron chi connectivity index (χ2n) is 8.86. The van der Waals surface area contributed by atoms with Crippen molar-refractivity contribution in [2.45, 2.75) is 19.1 Å². The maximum absolute atomic E-state index is 13.4. The smallest absolute Gasteiger partial charge is 0.254 e. The molecule has 2 aliphatic rings. The second-order valence-corrected chi connectivity index (χ2v) is 9.89. The molecule has 1 saturated heterocycles. The van der Waals surface area contributed by atoms with Gasteiger partial charge >= 0.3 is 0 Å². The maximum Gasteiger partial charge on any atom is 0.254 e. The van der Waals surface area contributed by atoms with Gasteiger partial charge < -0.3 is 23.8 Å². The van der Waals surface area contributed by atoms with Crippen LogP contribution >= 0.6 is 11.3 Å². The fraction of sp³-hybridized carbons (Fsp3) is 0.286. The molecule has 0 bridgehead atoms. The molecule has 6 rings (SSSR count). The highest BCUT2D eigenvalue weighted by molar-refractivity contribution is 7.21. The number of nitrogens with zero attached hydrogens (tertiary/aromatic N) is 2. The molecule has 0 spiro atoms. The predicted molar refractivity (Wildman–Crippen MR) is 138 cm³/mol. The van der Waals surface area contributed by atoms with Crippen molar-refractivity contribution in [2.75, 3.05) is 33.5 Å². The van der Waals surface area contributed by atoms with Gasteiger partial charge in [-0.15, -0.1) is 11.3 Å². The minimum atomic E-state index is -0.0672. The van der Waals surface area contributed by atoms with E-state index >= 15 is 0 Å². The zero-order valence-electron chi connectivity index (χ0n) is 19.9. The van der Waals surface area contributed by atoms with Crippen molar-refractivity contribution in [1.29, 1.82) is 0 Å². The third kappa shape index (κ3) is 4.50. The molecule has 1 fully saturated rings. The molecule has 184 valence electrons. The minimum absolute atomic E-state index is 0.0268. The van der Waals surface area contributed by atoms with Crippen molar-refractivity contribution >= 4 is 27.5 Å². The molecule has 36 heavy (non-hydrogen) atoms. The molecule has 2 aliphatic heterocycles. The van der Waals surface area contributed by atoms with E-state index in [9.17, 15) is 4.79 Å². The minimum Gasteiger partial charge on any atom is -0.497 e. The van der Waals surface area contributed by atoms with Crippen molar-refractivity contribution in [3.05, 3.63) is 71.8 Å². The van der Waals surface area contributed by atoms with E-state index in [1.165, 1.54) is 0 Å². The molecule has 0 saturated carbocycles. The number of methoxy groups -OCH3 is 1. The number of amides is 1. The molecule has 7 nitrogen and oxygen atoms in total. The average Bonchev–Trinajstić information content (AvgIpc) is 3.53. The molecule has 1 aromatic heterocycles. The first-order valence-electron chi connectivity index (χ1n) is 12.0. The summed E-state index contributed by atoms with van der Waals surface area (Å²) in [5, 5.41) is 0.904. The maximum atomic E-state index is 13.4. The monoisotopic (exact) mass is 502 g/mol. The van der Waals surface area contributed by atoms with Crippen LogP contribution in [0, 0.1) is 0 Å². The number of thiazole rings is 1. The Morgan fingerprint density at radius 3 is 2.86 bits per heavy atom. The van der Waals surface area contributed by atoms with E-state index in [2.05, 4.69) is 12.1 Å². The van der Waals surface area contributed by atoms with Gasteiger partial charge in [0.1, 0.15) is 23.5 Å². The first-order chi connectivity index (χ1) is 17.7. The third-order valence-electron chi connectivity index (χ3n) is 6.43. The lowest BCUT2D eigenvalue weighted by Crippen LogP contribution is -2.32. The zero-order valence-corrected chi connectivity index (χ0v) is 20.8. The Bertz CT molecular complexity index is 1380. The molecule has 3 aromatic carbocycles. The number of carbonyl (C=O) groups excluding carboxylic acids is 1. The topological polar surface area (TPSA) is 70.1 Å². The van der Waals surface area contributed by atoms with E-state index in [1.54, 1.807) is 24.5 Å². The summed E-state index contributed by atoms with van der Waals surface area (Å²) in [6.07, 6.45) is 0.807. The Kier molecular flexibility index (Phi) is 6.21. The van der Waals surface area contributed by atoms with E-state index in [0.29, 0.717) is 55.7 Å². The first kappa shape index (κ1) is 22.8. The Labute approximate surface area is 213 Å². The molecule has 0 aliphatic carbocycles. The van der Waals surface area contributed by atoms with Gasteiger partial charge in [0, 0.05) is 29.7 Å². The van der Waals surface area contributed by atoms with E-state index < -0.39 is 0 Å². The van der Waals surface area contributed by atoms with Gasteiger partial charge in [-0.1, -0.05) is 18.2 Å². The van der Waals surface area contributed by atoms with Gasteiger partial charge in [-0.3, -0.25) is 4.79 Å². The number of ether oxygens (including phenoxy) is 4. The standard InChI is InChI=1S/C28H26N2O5S/c1-32-21-6-4-5-18(14-21)28(31)30-10-12-34-26-20(16-30)13-19(15-24(26)35-22-9-11-33-17-22)27-29-23-7-2-3-8-25(23)36-27/h2-8,13-15,22H,9-12,16-17H2,1H3/t22-/m0/s1. The van der Waals surface area contributed by atoms with Crippen LogP contribution in [0.1, 0.15) is 22.3 Å². The van der Waals surface area contributed by atoms with Crippen molar-refractivity contribution in [2.24, 2.45) is 0 Å². The van der Waals surface area contributed by atoms with Crippen molar-refractivity contribution in [3.63, 3.8) is 0 Å². The summed E-state index contributed by atoms with van der Waals surface area (Å²) in [5.74, 6) is 1.95. The highest BCUT2D eigenvalue weighted by Crippen LogP contribution is 2.41. The predicted octanol–water partition coefficient (Wildman–Crippen LogP) is 5.17.